The summed E-state index contributed by atoms with van der Waals surface area (Å²) in [6, 6.07) is 2.56. The Morgan fingerprint density at radius 1 is 1.43 bits per heavy atom. The highest BCUT2D eigenvalue weighted by Crippen LogP contribution is 2.41. The molecule has 0 fully saturated rings. The summed E-state index contributed by atoms with van der Waals surface area (Å²) in [6.07, 6.45) is 4.29. The van der Waals surface area contributed by atoms with E-state index in [0.717, 1.165) is 36.0 Å². The molecule has 4 nitrogen and oxygen atoms in total. The number of rotatable bonds is 9. The molecule has 21 heavy (non-hydrogen) atoms. The Morgan fingerprint density at radius 3 is 2.62 bits per heavy atom. The van der Waals surface area contributed by atoms with E-state index in [4.69, 9.17) is 11.0 Å². The van der Waals surface area contributed by atoms with Crippen LogP contribution >= 0.6 is 23.1 Å². The number of nitrogens with two attached hydrogens (primary N) is 1. The van der Waals surface area contributed by atoms with Gasteiger partial charge in [-0.05, 0) is 45.7 Å². The van der Waals surface area contributed by atoms with Crippen LogP contribution in [0, 0.1) is 11.3 Å². The summed E-state index contributed by atoms with van der Waals surface area (Å²) in [5.41, 5.74) is 6.62. The van der Waals surface area contributed by atoms with Crippen molar-refractivity contribution in [3.8, 4) is 6.07 Å². The first-order valence-corrected chi connectivity index (χ1v) is 9.46. The zero-order chi connectivity index (χ0) is 15.8. The Morgan fingerprint density at radius 2 is 2.10 bits per heavy atom. The Labute approximate surface area is 136 Å². The van der Waals surface area contributed by atoms with Crippen molar-refractivity contribution in [2.75, 3.05) is 36.9 Å². The van der Waals surface area contributed by atoms with Crippen LogP contribution in [0.25, 0.3) is 0 Å². The molecule has 3 N–H and O–H groups in total. The lowest BCUT2D eigenvalue weighted by Crippen LogP contribution is -2.25. The summed E-state index contributed by atoms with van der Waals surface area (Å²) in [7, 11) is 0. The second-order valence-corrected chi connectivity index (χ2v) is 6.87. The van der Waals surface area contributed by atoms with Crippen LogP contribution in [0.3, 0.4) is 0 Å². The van der Waals surface area contributed by atoms with Crippen molar-refractivity contribution in [1.82, 2.24) is 4.90 Å². The van der Waals surface area contributed by atoms with Crippen molar-refractivity contribution in [1.29, 1.82) is 5.26 Å². The highest BCUT2D eigenvalue weighted by atomic mass is 32.2. The van der Waals surface area contributed by atoms with Crippen molar-refractivity contribution < 1.29 is 0 Å². The van der Waals surface area contributed by atoms with Crippen molar-refractivity contribution in [3.63, 3.8) is 0 Å². The molecule has 1 aromatic heterocycles. The van der Waals surface area contributed by atoms with Gasteiger partial charge in [0, 0.05) is 6.04 Å². The third kappa shape index (κ3) is 5.10. The van der Waals surface area contributed by atoms with Crippen LogP contribution in [0.4, 0.5) is 10.7 Å². The smallest absolute Gasteiger partial charge is 0.131 e. The molecule has 0 radical (unpaired) electrons. The van der Waals surface area contributed by atoms with Crippen LogP contribution in [-0.2, 0) is 0 Å². The molecular weight excluding hydrogens is 300 g/mol. The molecule has 118 valence electrons. The molecule has 0 saturated carbocycles. The highest BCUT2D eigenvalue weighted by Gasteiger charge is 2.16. The third-order valence-electron chi connectivity index (χ3n) is 3.59. The zero-order valence-electron chi connectivity index (χ0n) is 13.4. The van der Waals surface area contributed by atoms with E-state index < -0.39 is 0 Å². The number of nitrogens with zero attached hydrogens (tertiary/aromatic N) is 2. The summed E-state index contributed by atoms with van der Waals surface area (Å²) in [4.78, 5) is 4.06. The zero-order valence-corrected chi connectivity index (χ0v) is 15.0. The second kappa shape index (κ2) is 9.19. The molecular formula is C15H26N4S2. The molecule has 6 heteroatoms. The molecule has 0 aromatic carbocycles. The molecule has 0 bridgehead atoms. The lowest BCUT2D eigenvalue weighted by Gasteiger charge is -2.20. The molecule has 1 atom stereocenters. The van der Waals surface area contributed by atoms with Crippen LogP contribution in [0.15, 0.2) is 4.90 Å². The molecule has 0 amide bonds. The Hall–Kier alpha value is -0.900. The second-order valence-electron chi connectivity index (χ2n) is 5.03. The van der Waals surface area contributed by atoms with Gasteiger partial charge in [0.1, 0.15) is 15.9 Å². The standard InChI is InChI=1S/C15H26N4S2/c1-5-19(6-2)9-7-8-11(3)18-15-14(20-4)13(17)12(10-16)21-15/h11,18H,5-9,17H2,1-4H3. The summed E-state index contributed by atoms with van der Waals surface area (Å²) in [5.74, 6) is 0. The van der Waals surface area contributed by atoms with Crippen molar-refractivity contribution in [2.45, 2.75) is 44.6 Å². The van der Waals surface area contributed by atoms with Crippen LogP contribution in [0.5, 0.6) is 0 Å². The molecule has 1 aromatic rings. The highest BCUT2D eigenvalue weighted by molar-refractivity contribution is 7.99. The largest absolute Gasteiger partial charge is 0.396 e. The number of thioether (sulfide) groups is 1. The number of nitrogens with one attached hydrogen (secondary N) is 1. The fourth-order valence-electron chi connectivity index (χ4n) is 2.27. The Kier molecular flexibility index (Phi) is 7.94. The fraction of sp³-hybridized carbons (Fsp3) is 0.667. The van der Waals surface area contributed by atoms with Gasteiger partial charge in [0.15, 0.2) is 0 Å². The van der Waals surface area contributed by atoms with E-state index in [9.17, 15) is 0 Å². The van der Waals surface area contributed by atoms with Gasteiger partial charge in [-0.1, -0.05) is 13.8 Å². The molecule has 1 rings (SSSR count). The van der Waals surface area contributed by atoms with Crippen LogP contribution < -0.4 is 11.1 Å². The first-order valence-electron chi connectivity index (χ1n) is 7.42. The number of anilines is 2. The van der Waals surface area contributed by atoms with Crippen LogP contribution in [0.1, 0.15) is 38.5 Å². The first-order chi connectivity index (χ1) is 10.1. The van der Waals surface area contributed by atoms with E-state index >= 15 is 0 Å². The van der Waals surface area contributed by atoms with Gasteiger partial charge in [-0.2, -0.15) is 5.26 Å². The average Bonchev–Trinajstić information content (AvgIpc) is 2.78. The molecule has 1 heterocycles. The van der Waals surface area contributed by atoms with Crippen molar-refractivity contribution in [3.05, 3.63) is 4.88 Å². The normalized spacial score (nSPS) is 12.4. The number of thiophene rings is 1. The third-order valence-corrected chi connectivity index (χ3v) is 5.59. The Balaban J connectivity index is 2.55. The van der Waals surface area contributed by atoms with E-state index in [-0.39, 0.29) is 0 Å². The molecule has 0 spiro atoms. The topological polar surface area (TPSA) is 65.1 Å². The van der Waals surface area contributed by atoms with Gasteiger partial charge in [-0.25, -0.2) is 0 Å². The SMILES string of the molecule is CCN(CC)CCCC(C)Nc1sc(C#N)c(N)c1SC. The minimum Gasteiger partial charge on any atom is -0.396 e. The maximum Gasteiger partial charge on any atom is 0.131 e. The van der Waals surface area contributed by atoms with Gasteiger partial charge < -0.3 is 16.0 Å². The van der Waals surface area contributed by atoms with E-state index in [1.165, 1.54) is 17.8 Å². The van der Waals surface area contributed by atoms with Gasteiger partial charge in [-0.3, -0.25) is 0 Å². The Bertz CT molecular complexity index is 475. The maximum atomic E-state index is 9.08. The van der Waals surface area contributed by atoms with Crippen LogP contribution in [-0.4, -0.2) is 36.8 Å². The van der Waals surface area contributed by atoms with E-state index in [1.807, 2.05) is 6.26 Å². The minimum absolute atomic E-state index is 0.385. The van der Waals surface area contributed by atoms with E-state index in [1.54, 1.807) is 11.8 Å². The molecule has 0 saturated heterocycles. The summed E-state index contributed by atoms with van der Waals surface area (Å²) in [5, 5.41) is 13.6. The predicted molar refractivity (Wildman–Crippen MR) is 95.3 cm³/mol. The monoisotopic (exact) mass is 326 g/mol. The average molecular weight is 327 g/mol. The minimum atomic E-state index is 0.385. The number of nitriles is 1. The van der Waals surface area contributed by atoms with Gasteiger partial charge in [0.2, 0.25) is 0 Å². The van der Waals surface area contributed by atoms with Crippen LogP contribution in [0.2, 0.25) is 0 Å². The summed E-state index contributed by atoms with van der Waals surface area (Å²) < 4.78 is 0. The predicted octanol–water partition coefficient (Wildman–Crippen LogP) is 3.85. The van der Waals surface area contributed by atoms with Crippen molar-refractivity contribution in [2.24, 2.45) is 0 Å². The first kappa shape index (κ1) is 18.1. The maximum absolute atomic E-state index is 9.08. The van der Waals surface area contributed by atoms with Gasteiger partial charge in [0.25, 0.3) is 0 Å². The molecule has 0 aliphatic heterocycles. The lowest BCUT2D eigenvalue weighted by atomic mass is 10.2. The van der Waals surface area contributed by atoms with E-state index in [2.05, 4.69) is 37.1 Å². The van der Waals surface area contributed by atoms with Gasteiger partial charge in [-0.15, -0.1) is 23.1 Å². The molecule has 1 unspecified atom stereocenters. The molecule has 0 aliphatic carbocycles. The summed E-state index contributed by atoms with van der Waals surface area (Å²) >= 11 is 3.06. The lowest BCUT2D eigenvalue weighted by molar-refractivity contribution is 0.295. The quantitative estimate of drug-likeness (QED) is 0.675. The fourth-order valence-corrected chi connectivity index (χ4v) is 4.20. The number of hydrogen-bond donors (Lipinski definition) is 2. The van der Waals surface area contributed by atoms with Gasteiger partial charge >= 0.3 is 0 Å². The number of nitrogen functional groups attached to an aromatic ring is 1. The van der Waals surface area contributed by atoms with Gasteiger partial charge in [0.05, 0.1) is 10.6 Å². The molecule has 0 aliphatic rings. The number of hydrogen-bond acceptors (Lipinski definition) is 6. The van der Waals surface area contributed by atoms with Crippen molar-refractivity contribution >= 4 is 33.8 Å². The van der Waals surface area contributed by atoms with E-state index in [0.29, 0.717) is 16.6 Å². The summed E-state index contributed by atoms with van der Waals surface area (Å²) in [6.45, 7) is 9.96.